The SMILES string of the molecule is COc1ccc(C(OCC2OC(n3cc(C)c(NC(=O)c4ccccc4)nc3=O)C(OC)C2OP(OCCC#N)N(C(C)C)C(C)C)(c2ccccc2)c2ccc(OC)cc2)cc1. The third kappa shape index (κ3) is 10.7. The van der Waals surface area contributed by atoms with E-state index in [2.05, 4.69) is 48.7 Å². The predicted octanol–water partition coefficient (Wildman–Crippen LogP) is 8.40. The zero-order chi connectivity index (χ0) is 45.1. The van der Waals surface area contributed by atoms with Crippen LogP contribution in [0.5, 0.6) is 11.5 Å². The first-order valence-electron chi connectivity index (χ1n) is 20.8. The number of hydrogen-bond acceptors (Lipinski definition) is 12. The Balaban J connectivity index is 1.46. The average Bonchev–Trinajstić information content (AvgIpc) is 3.64. The van der Waals surface area contributed by atoms with E-state index in [-0.39, 0.29) is 37.5 Å². The normalized spacial score (nSPS) is 18.1. The standard InChI is InChI=1S/C48H56N5O9P/c1-32(2)53(33(3)4)63(60-29-15-28-49)62-42-41(61-46(43(42)58-8)52-30-34(5)44(51-47(52)55)50-45(54)35-16-11-9-12-17-35)31-59-48(36-18-13-10-14-19-36,37-20-24-39(56-6)25-21-37)38-22-26-40(57-7)27-23-38/h9-14,16-27,30,32-33,41-43,46H,15,29,31H2,1-8H3,(H,50,51,54,55). The molecule has 14 nitrogen and oxygen atoms in total. The zero-order valence-corrected chi connectivity index (χ0v) is 37.9. The molecule has 1 N–H and O–H groups in total. The van der Waals surface area contributed by atoms with Crippen LogP contribution in [0.1, 0.15) is 73.0 Å². The zero-order valence-electron chi connectivity index (χ0n) is 37.0. The van der Waals surface area contributed by atoms with E-state index in [0.29, 0.717) is 22.6 Å². The Morgan fingerprint density at radius 2 is 1.41 bits per heavy atom. The van der Waals surface area contributed by atoms with Crippen LogP contribution < -0.4 is 20.5 Å². The molecule has 0 spiro atoms. The van der Waals surface area contributed by atoms with Gasteiger partial charge >= 0.3 is 5.69 Å². The van der Waals surface area contributed by atoms with E-state index in [1.165, 1.54) is 11.7 Å². The quantitative estimate of drug-likeness (QED) is 0.0454. The molecule has 332 valence electrons. The summed E-state index contributed by atoms with van der Waals surface area (Å²) in [6.07, 6.45) is -1.93. The fraction of sp³-hybridized carbons (Fsp3) is 0.375. The van der Waals surface area contributed by atoms with Crippen molar-refractivity contribution in [3.05, 3.63) is 154 Å². The minimum absolute atomic E-state index is 0.00371. The van der Waals surface area contributed by atoms with E-state index in [0.717, 1.165) is 16.7 Å². The number of rotatable bonds is 20. The molecule has 2 heterocycles. The molecule has 0 radical (unpaired) electrons. The third-order valence-corrected chi connectivity index (χ3v) is 12.9. The molecule has 0 bridgehead atoms. The monoisotopic (exact) mass is 877 g/mol. The van der Waals surface area contributed by atoms with E-state index >= 15 is 0 Å². The van der Waals surface area contributed by atoms with Crippen molar-refractivity contribution < 1.29 is 37.5 Å². The van der Waals surface area contributed by atoms with Crippen molar-refractivity contribution in [2.24, 2.45) is 0 Å². The lowest BCUT2D eigenvalue weighted by Gasteiger charge is -2.39. The van der Waals surface area contributed by atoms with Crippen LogP contribution in [0.2, 0.25) is 0 Å². The van der Waals surface area contributed by atoms with Gasteiger partial charge in [-0.25, -0.2) is 9.46 Å². The van der Waals surface area contributed by atoms with Crippen molar-refractivity contribution in [2.75, 3.05) is 39.9 Å². The largest absolute Gasteiger partial charge is 0.497 e. The van der Waals surface area contributed by atoms with Crippen molar-refractivity contribution in [1.82, 2.24) is 14.2 Å². The van der Waals surface area contributed by atoms with Gasteiger partial charge in [0.25, 0.3) is 14.4 Å². The summed E-state index contributed by atoms with van der Waals surface area (Å²) in [4.78, 5) is 31.4. The highest BCUT2D eigenvalue weighted by atomic mass is 31.2. The van der Waals surface area contributed by atoms with Gasteiger partial charge in [0, 0.05) is 36.5 Å². The number of nitrogens with one attached hydrogen (secondary N) is 1. The number of carbonyl (C=O) groups excluding carboxylic acids is 1. The molecule has 1 fully saturated rings. The minimum Gasteiger partial charge on any atom is -0.497 e. The Morgan fingerprint density at radius 1 is 0.857 bits per heavy atom. The topological polar surface area (TPSA) is 156 Å². The summed E-state index contributed by atoms with van der Waals surface area (Å²) in [5.41, 5.74) is 1.52. The number of anilines is 1. The molecule has 1 amide bonds. The molecular weight excluding hydrogens is 822 g/mol. The number of nitrogens with zero attached hydrogens (tertiary/aromatic N) is 4. The van der Waals surface area contributed by atoms with Crippen LogP contribution in [-0.2, 0) is 28.9 Å². The molecule has 15 heteroatoms. The highest BCUT2D eigenvalue weighted by Gasteiger charge is 2.51. The number of methoxy groups -OCH3 is 3. The Hall–Kier alpha value is -5.49. The van der Waals surface area contributed by atoms with Gasteiger partial charge in [0.05, 0.1) is 39.9 Å². The maximum Gasteiger partial charge on any atom is 0.351 e. The van der Waals surface area contributed by atoms with Crippen LogP contribution in [0.15, 0.2) is 120 Å². The van der Waals surface area contributed by atoms with Crippen LogP contribution >= 0.6 is 8.53 Å². The smallest absolute Gasteiger partial charge is 0.351 e. The Labute approximate surface area is 370 Å². The second-order valence-corrected chi connectivity index (χ2v) is 16.9. The van der Waals surface area contributed by atoms with E-state index < -0.39 is 50.3 Å². The second kappa shape index (κ2) is 21.7. The van der Waals surface area contributed by atoms with Crippen molar-refractivity contribution in [2.45, 2.75) is 83.3 Å². The average molecular weight is 878 g/mol. The van der Waals surface area contributed by atoms with Crippen LogP contribution in [0, 0.1) is 18.3 Å². The van der Waals surface area contributed by atoms with Crippen molar-refractivity contribution in [3.8, 4) is 17.6 Å². The first kappa shape index (κ1) is 47.0. The minimum atomic E-state index is -1.82. The van der Waals surface area contributed by atoms with Crippen molar-refractivity contribution in [3.63, 3.8) is 0 Å². The lowest BCUT2D eigenvalue weighted by Crippen LogP contribution is -2.43. The molecule has 1 aromatic heterocycles. The van der Waals surface area contributed by atoms with Gasteiger partial charge in [-0.3, -0.25) is 9.36 Å². The molecular formula is C48H56N5O9P. The fourth-order valence-corrected chi connectivity index (χ4v) is 9.54. The van der Waals surface area contributed by atoms with Crippen LogP contribution in [0.25, 0.3) is 0 Å². The summed E-state index contributed by atoms with van der Waals surface area (Å²) >= 11 is 0. The van der Waals surface area contributed by atoms with Gasteiger partial charge in [0.2, 0.25) is 0 Å². The Bertz CT molecular complexity index is 2290. The van der Waals surface area contributed by atoms with E-state index in [1.807, 2.05) is 84.9 Å². The lowest BCUT2D eigenvalue weighted by molar-refractivity contribution is -0.0957. The number of hydrogen-bond donors (Lipinski definition) is 1. The third-order valence-electron chi connectivity index (χ3n) is 10.7. The molecule has 5 unspecified atom stereocenters. The van der Waals surface area contributed by atoms with Gasteiger partial charge in [0.15, 0.2) is 6.23 Å². The number of ether oxygens (including phenoxy) is 5. The van der Waals surface area contributed by atoms with Crippen LogP contribution in [-0.4, -0.2) is 85.1 Å². The predicted molar refractivity (Wildman–Crippen MR) is 241 cm³/mol. The highest BCUT2D eigenvalue weighted by molar-refractivity contribution is 7.44. The number of amides is 1. The number of nitriles is 1. The Morgan fingerprint density at radius 3 is 1.94 bits per heavy atom. The highest BCUT2D eigenvalue weighted by Crippen LogP contribution is 2.51. The van der Waals surface area contributed by atoms with Crippen molar-refractivity contribution >= 4 is 20.3 Å². The Kier molecular flexibility index (Phi) is 16.2. The summed E-state index contributed by atoms with van der Waals surface area (Å²) in [5, 5.41) is 12.2. The van der Waals surface area contributed by atoms with Gasteiger partial charge < -0.3 is 38.0 Å². The van der Waals surface area contributed by atoms with E-state index in [9.17, 15) is 14.9 Å². The summed E-state index contributed by atoms with van der Waals surface area (Å²) in [5.74, 6) is 1.08. The second-order valence-electron chi connectivity index (χ2n) is 15.5. The first-order valence-corrected chi connectivity index (χ1v) is 22.0. The summed E-state index contributed by atoms with van der Waals surface area (Å²) in [6, 6.07) is 36.2. The molecule has 0 aliphatic carbocycles. The molecule has 1 aliphatic heterocycles. The van der Waals surface area contributed by atoms with Crippen molar-refractivity contribution in [1.29, 1.82) is 5.26 Å². The number of benzene rings is 4. The van der Waals surface area contributed by atoms with Crippen LogP contribution in [0.4, 0.5) is 5.82 Å². The van der Waals surface area contributed by atoms with Gasteiger partial charge in [-0.1, -0.05) is 72.8 Å². The molecule has 5 atom stereocenters. The van der Waals surface area contributed by atoms with Crippen LogP contribution in [0.3, 0.4) is 0 Å². The molecule has 0 saturated carbocycles. The first-order chi connectivity index (χ1) is 30.4. The van der Waals surface area contributed by atoms with E-state index in [1.54, 1.807) is 51.6 Å². The maximum absolute atomic E-state index is 14.0. The molecule has 1 aliphatic rings. The summed E-state index contributed by atoms with van der Waals surface area (Å²) in [7, 11) is 2.96. The van der Waals surface area contributed by atoms with Gasteiger partial charge in [0.1, 0.15) is 41.2 Å². The van der Waals surface area contributed by atoms with Gasteiger partial charge in [-0.05, 0) is 87.7 Å². The van der Waals surface area contributed by atoms with E-state index in [4.69, 9.17) is 32.7 Å². The summed E-state index contributed by atoms with van der Waals surface area (Å²) < 4.78 is 48.5. The molecule has 63 heavy (non-hydrogen) atoms. The maximum atomic E-state index is 14.0. The number of aryl methyl sites for hydroxylation is 1. The molecule has 5 aromatic rings. The molecule has 1 saturated heterocycles. The molecule has 6 rings (SSSR count). The van der Waals surface area contributed by atoms with Gasteiger partial charge in [-0.2, -0.15) is 10.2 Å². The molecule has 4 aromatic carbocycles. The van der Waals surface area contributed by atoms with Gasteiger partial charge in [-0.15, -0.1) is 0 Å². The fourth-order valence-electron chi connectivity index (χ4n) is 7.77. The number of aromatic nitrogens is 2. The lowest BCUT2D eigenvalue weighted by atomic mass is 9.80. The summed E-state index contributed by atoms with van der Waals surface area (Å²) in [6.45, 7) is 10.0. The number of carbonyl (C=O) groups is 1.